The van der Waals surface area contributed by atoms with Crippen molar-refractivity contribution < 1.29 is 19.2 Å². The molecule has 0 amide bonds. The summed E-state index contributed by atoms with van der Waals surface area (Å²) in [5.74, 6) is -1.12. The highest BCUT2D eigenvalue weighted by atomic mass is 16.7. The SMILES string of the molecule is CN(C)c1ccc(COC(=O)/C=C/C(=O)ON2CCCCC2)cc1. The minimum absolute atomic E-state index is 0.165. The van der Waals surface area contributed by atoms with Gasteiger partial charge in [-0.1, -0.05) is 18.6 Å². The molecule has 24 heavy (non-hydrogen) atoms. The number of ether oxygens (including phenoxy) is 1. The summed E-state index contributed by atoms with van der Waals surface area (Å²) in [5.41, 5.74) is 1.96. The second-order valence-electron chi connectivity index (χ2n) is 5.90. The Bertz CT molecular complexity index is 575. The molecule has 1 aliphatic rings. The van der Waals surface area contributed by atoms with Gasteiger partial charge in [0.05, 0.1) is 0 Å². The first-order valence-corrected chi connectivity index (χ1v) is 8.12. The number of nitrogens with zero attached hydrogens (tertiary/aromatic N) is 2. The molecule has 0 aliphatic carbocycles. The lowest BCUT2D eigenvalue weighted by Crippen LogP contribution is -2.31. The van der Waals surface area contributed by atoms with Crippen LogP contribution in [0.3, 0.4) is 0 Å². The highest BCUT2D eigenvalue weighted by Gasteiger charge is 2.13. The fraction of sp³-hybridized carbons (Fsp3) is 0.444. The predicted molar refractivity (Wildman–Crippen MR) is 91.2 cm³/mol. The van der Waals surface area contributed by atoms with Crippen molar-refractivity contribution >= 4 is 17.6 Å². The van der Waals surface area contributed by atoms with E-state index in [1.165, 1.54) is 0 Å². The summed E-state index contributed by atoms with van der Waals surface area (Å²) in [7, 11) is 3.92. The van der Waals surface area contributed by atoms with Crippen molar-refractivity contribution in [2.75, 3.05) is 32.1 Å². The normalized spacial score (nSPS) is 15.2. The van der Waals surface area contributed by atoms with Crippen LogP contribution >= 0.6 is 0 Å². The number of piperidine rings is 1. The molecule has 0 atom stereocenters. The van der Waals surface area contributed by atoms with Gasteiger partial charge in [0.15, 0.2) is 0 Å². The smallest absolute Gasteiger partial charge is 0.349 e. The quantitative estimate of drug-likeness (QED) is 0.588. The van der Waals surface area contributed by atoms with Gasteiger partial charge in [0, 0.05) is 45.0 Å². The first kappa shape index (κ1) is 18.0. The Morgan fingerprint density at radius 2 is 1.67 bits per heavy atom. The lowest BCUT2D eigenvalue weighted by Gasteiger charge is -2.23. The van der Waals surface area contributed by atoms with E-state index in [0.717, 1.165) is 55.8 Å². The monoisotopic (exact) mass is 332 g/mol. The van der Waals surface area contributed by atoms with Crippen LogP contribution in [0.4, 0.5) is 5.69 Å². The van der Waals surface area contributed by atoms with Crippen LogP contribution in [-0.4, -0.2) is 44.2 Å². The molecule has 0 bridgehead atoms. The fourth-order valence-electron chi connectivity index (χ4n) is 2.34. The molecule has 1 saturated heterocycles. The molecule has 1 aromatic carbocycles. The van der Waals surface area contributed by atoms with E-state index in [2.05, 4.69) is 0 Å². The molecular formula is C18H24N2O4. The molecule has 0 saturated carbocycles. The Kier molecular flexibility index (Phi) is 6.81. The summed E-state index contributed by atoms with van der Waals surface area (Å²) in [6.45, 7) is 1.65. The minimum Gasteiger partial charge on any atom is -0.458 e. The maximum atomic E-state index is 11.6. The van der Waals surface area contributed by atoms with E-state index in [-0.39, 0.29) is 6.61 Å². The highest BCUT2D eigenvalue weighted by Crippen LogP contribution is 2.13. The zero-order chi connectivity index (χ0) is 17.4. The van der Waals surface area contributed by atoms with E-state index < -0.39 is 11.9 Å². The van der Waals surface area contributed by atoms with Crippen molar-refractivity contribution in [1.82, 2.24) is 5.06 Å². The topological polar surface area (TPSA) is 59.1 Å². The van der Waals surface area contributed by atoms with Crippen molar-refractivity contribution in [2.45, 2.75) is 25.9 Å². The zero-order valence-corrected chi connectivity index (χ0v) is 14.2. The molecule has 0 aromatic heterocycles. The van der Waals surface area contributed by atoms with Gasteiger partial charge in [-0.15, -0.1) is 5.06 Å². The van der Waals surface area contributed by atoms with Crippen LogP contribution in [-0.2, 0) is 25.8 Å². The van der Waals surface area contributed by atoms with Crippen LogP contribution in [0.2, 0.25) is 0 Å². The van der Waals surface area contributed by atoms with Gasteiger partial charge < -0.3 is 14.5 Å². The van der Waals surface area contributed by atoms with E-state index in [4.69, 9.17) is 9.57 Å². The number of hydrogen-bond donors (Lipinski definition) is 0. The summed E-state index contributed by atoms with van der Waals surface area (Å²) in [4.78, 5) is 30.4. The average Bonchev–Trinajstić information content (AvgIpc) is 2.59. The lowest BCUT2D eigenvalue weighted by molar-refractivity contribution is -0.188. The maximum Gasteiger partial charge on any atom is 0.349 e. The van der Waals surface area contributed by atoms with Crippen LogP contribution in [0.1, 0.15) is 24.8 Å². The molecule has 0 spiro atoms. The summed E-state index contributed by atoms with van der Waals surface area (Å²) >= 11 is 0. The van der Waals surface area contributed by atoms with Crippen LogP contribution in [0.15, 0.2) is 36.4 Å². The molecule has 6 nitrogen and oxygen atoms in total. The van der Waals surface area contributed by atoms with Gasteiger partial charge in [-0.2, -0.15) is 0 Å². The van der Waals surface area contributed by atoms with Crippen LogP contribution in [0, 0.1) is 0 Å². The maximum absolute atomic E-state index is 11.6. The third-order valence-corrected chi connectivity index (χ3v) is 3.72. The van der Waals surface area contributed by atoms with Crippen molar-refractivity contribution in [1.29, 1.82) is 0 Å². The number of hydroxylamine groups is 2. The third-order valence-electron chi connectivity index (χ3n) is 3.72. The summed E-state index contributed by atoms with van der Waals surface area (Å²) in [6.07, 6.45) is 5.40. The molecule has 1 heterocycles. The second kappa shape index (κ2) is 9.08. The first-order valence-electron chi connectivity index (χ1n) is 8.12. The highest BCUT2D eigenvalue weighted by molar-refractivity contribution is 5.91. The molecule has 0 N–H and O–H groups in total. The van der Waals surface area contributed by atoms with Gasteiger partial charge in [-0.3, -0.25) is 0 Å². The molecule has 6 heteroatoms. The zero-order valence-electron chi connectivity index (χ0n) is 14.2. The van der Waals surface area contributed by atoms with E-state index in [0.29, 0.717) is 0 Å². The number of carbonyl (C=O) groups excluding carboxylic acids is 2. The molecule has 1 fully saturated rings. The molecule has 2 rings (SSSR count). The molecule has 0 unspecified atom stereocenters. The number of hydrogen-bond acceptors (Lipinski definition) is 6. The van der Waals surface area contributed by atoms with Gasteiger partial charge in [0.2, 0.25) is 0 Å². The molecule has 1 aliphatic heterocycles. The summed E-state index contributed by atoms with van der Waals surface area (Å²) in [5, 5.41) is 1.63. The van der Waals surface area contributed by atoms with Crippen molar-refractivity contribution in [3.05, 3.63) is 42.0 Å². The standard InChI is InChI=1S/C18H24N2O4/c1-19(2)16-8-6-15(7-9-16)14-23-17(21)10-11-18(22)24-20-12-4-3-5-13-20/h6-11H,3-5,12-14H2,1-2H3/b11-10+. The number of esters is 1. The minimum atomic E-state index is -0.567. The summed E-state index contributed by atoms with van der Waals surface area (Å²) in [6, 6.07) is 7.71. The van der Waals surface area contributed by atoms with Crippen LogP contribution in [0.25, 0.3) is 0 Å². The Hall–Kier alpha value is -2.34. The Balaban J connectivity index is 1.72. The van der Waals surface area contributed by atoms with E-state index in [1.54, 1.807) is 5.06 Å². The van der Waals surface area contributed by atoms with E-state index in [9.17, 15) is 9.59 Å². The Morgan fingerprint density at radius 1 is 1.04 bits per heavy atom. The second-order valence-corrected chi connectivity index (χ2v) is 5.90. The van der Waals surface area contributed by atoms with E-state index >= 15 is 0 Å². The molecule has 1 aromatic rings. The van der Waals surface area contributed by atoms with E-state index in [1.807, 2.05) is 43.3 Å². The molecule has 130 valence electrons. The van der Waals surface area contributed by atoms with Gasteiger partial charge in [-0.25, -0.2) is 9.59 Å². The number of anilines is 1. The first-order chi connectivity index (χ1) is 11.5. The van der Waals surface area contributed by atoms with Gasteiger partial charge >= 0.3 is 11.9 Å². The Morgan fingerprint density at radius 3 is 2.29 bits per heavy atom. The third kappa shape index (κ3) is 6.04. The molecule has 0 radical (unpaired) electrons. The number of carbonyl (C=O) groups is 2. The van der Waals surface area contributed by atoms with Gasteiger partial charge in [-0.05, 0) is 30.5 Å². The van der Waals surface area contributed by atoms with Crippen molar-refractivity contribution in [2.24, 2.45) is 0 Å². The van der Waals surface area contributed by atoms with Gasteiger partial charge in [0.25, 0.3) is 0 Å². The largest absolute Gasteiger partial charge is 0.458 e. The van der Waals surface area contributed by atoms with Crippen molar-refractivity contribution in [3.8, 4) is 0 Å². The number of benzene rings is 1. The fourth-order valence-corrected chi connectivity index (χ4v) is 2.34. The lowest BCUT2D eigenvalue weighted by atomic mass is 10.2. The van der Waals surface area contributed by atoms with Gasteiger partial charge in [0.1, 0.15) is 6.61 Å². The predicted octanol–water partition coefficient (Wildman–Crippen LogP) is 2.30. The van der Waals surface area contributed by atoms with Crippen molar-refractivity contribution in [3.63, 3.8) is 0 Å². The number of rotatable bonds is 6. The summed E-state index contributed by atoms with van der Waals surface area (Å²) < 4.78 is 5.11. The Labute approximate surface area is 142 Å². The average molecular weight is 332 g/mol. The van der Waals surface area contributed by atoms with Crippen LogP contribution < -0.4 is 4.90 Å². The van der Waals surface area contributed by atoms with Crippen LogP contribution in [0.5, 0.6) is 0 Å². The molecular weight excluding hydrogens is 308 g/mol.